The Labute approximate surface area is 120 Å². The van der Waals surface area contributed by atoms with Crippen LogP contribution in [0.3, 0.4) is 0 Å². The van der Waals surface area contributed by atoms with E-state index in [1.807, 2.05) is 38.2 Å². The van der Waals surface area contributed by atoms with Crippen molar-refractivity contribution in [2.45, 2.75) is 46.6 Å². The van der Waals surface area contributed by atoms with Crippen LogP contribution in [-0.2, 0) is 14.3 Å². The summed E-state index contributed by atoms with van der Waals surface area (Å²) in [7, 11) is 0. The monoisotopic (exact) mass is 280 g/mol. The molecule has 112 valence electrons. The van der Waals surface area contributed by atoms with E-state index >= 15 is 0 Å². The molecule has 1 rings (SSSR count). The van der Waals surface area contributed by atoms with Gasteiger partial charge in [0.1, 0.15) is 5.60 Å². The largest absolute Gasteiger partial charge is 0.481 e. The topological polar surface area (TPSA) is 63.6 Å². The van der Waals surface area contributed by atoms with Crippen LogP contribution in [0.15, 0.2) is 24.3 Å². The number of hydrogen-bond acceptors (Lipinski definition) is 3. The minimum Gasteiger partial charge on any atom is -0.481 e. The van der Waals surface area contributed by atoms with Crippen LogP contribution in [0.5, 0.6) is 0 Å². The van der Waals surface area contributed by atoms with Gasteiger partial charge >= 0.3 is 11.9 Å². The van der Waals surface area contributed by atoms with Crippen LogP contribution in [0.4, 0.5) is 0 Å². The molecule has 0 bridgehead atoms. The number of carbonyl (C=O) groups excluding carboxylic acids is 1. The molecule has 20 heavy (non-hydrogen) atoms. The Morgan fingerprint density at radius 1 is 1.30 bits per heavy atom. The fourth-order valence-corrected chi connectivity index (χ4v) is 2.43. The molecule has 4 heteroatoms. The van der Waals surface area contributed by atoms with Crippen molar-refractivity contribution in [1.29, 1.82) is 0 Å². The van der Waals surface area contributed by atoms with E-state index in [0.717, 1.165) is 0 Å². The van der Waals surface area contributed by atoms with Gasteiger partial charge in [-0.25, -0.2) is 0 Å². The fourth-order valence-electron chi connectivity index (χ4n) is 2.43. The molecule has 0 aromatic heterocycles. The number of rotatable bonds is 4. The zero-order valence-electron chi connectivity index (χ0n) is 12.8. The molecule has 0 saturated heterocycles. The van der Waals surface area contributed by atoms with E-state index in [2.05, 4.69) is 0 Å². The molecule has 4 nitrogen and oxygen atoms in total. The lowest BCUT2D eigenvalue weighted by Crippen LogP contribution is -2.36. The van der Waals surface area contributed by atoms with Gasteiger partial charge in [0.15, 0.2) is 0 Å². The van der Waals surface area contributed by atoms with Gasteiger partial charge in [0, 0.05) is 0 Å². The summed E-state index contributed by atoms with van der Waals surface area (Å²) < 4.78 is 5.23. The lowest BCUT2D eigenvalue weighted by atomic mass is 9.69. The second-order valence-electron chi connectivity index (χ2n) is 6.83. The zero-order chi connectivity index (χ0) is 15.6. The third kappa shape index (κ3) is 4.51. The van der Waals surface area contributed by atoms with Gasteiger partial charge in [-0.3, -0.25) is 9.59 Å². The molecule has 1 aliphatic rings. The highest BCUT2D eigenvalue weighted by atomic mass is 16.6. The van der Waals surface area contributed by atoms with Crippen molar-refractivity contribution in [2.75, 3.05) is 0 Å². The Morgan fingerprint density at radius 2 is 1.90 bits per heavy atom. The first-order chi connectivity index (χ1) is 9.03. The van der Waals surface area contributed by atoms with Gasteiger partial charge in [0.2, 0.25) is 0 Å². The van der Waals surface area contributed by atoms with Crippen molar-refractivity contribution in [3.63, 3.8) is 0 Å². The van der Waals surface area contributed by atoms with Gasteiger partial charge in [-0.1, -0.05) is 38.2 Å². The normalized spacial score (nSPS) is 22.4. The molecule has 0 aliphatic heterocycles. The summed E-state index contributed by atoms with van der Waals surface area (Å²) in [6.07, 6.45) is 7.47. The molecule has 0 aromatic carbocycles. The fraction of sp³-hybridized carbons (Fsp3) is 0.625. The molecule has 0 amide bonds. The van der Waals surface area contributed by atoms with Crippen molar-refractivity contribution in [3.05, 3.63) is 24.3 Å². The molecule has 2 atom stereocenters. The van der Waals surface area contributed by atoms with Crippen molar-refractivity contribution < 1.29 is 19.4 Å². The van der Waals surface area contributed by atoms with Gasteiger partial charge in [0.25, 0.3) is 0 Å². The Bertz CT molecular complexity index is 438. The Kier molecular flexibility index (Phi) is 4.79. The Hall–Kier alpha value is -1.58. The van der Waals surface area contributed by atoms with Crippen LogP contribution in [0.1, 0.15) is 41.0 Å². The Morgan fingerprint density at radius 3 is 2.35 bits per heavy atom. The van der Waals surface area contributed by atoms with Crippen molar-refractivity contribution in [1.82, 2.24) is 0 Å². The molecule has 1 N–H and O–H groups in total. The number of allylic oxidation sites excluding steroid dienone is 4. The summed E-state index contributed by atoms with van der Waals surface area (Å²) in [5, 5.41) is 9.44. The molecular weight excluding hydrogens is 256 g/mol. The highest BCUT2D eigenvalue weighted by Gasteiger charge is 2.39. The number of carboxylic acid groups (broad SMARTS) is 1. The average molecular weight is 280 g/mol. The number of carbonyl (C=O) groups is 2. The summed E-state index contributed by atoms with van der Waals surface area (Å²) in [5.74, 6) is -2.43. The summed E-state index contributed by atoms with van der Waals surface area (Å²) in [5.41, 5.74) is -0.891. The molecule has 0 fully saturated rings. The molecule has 0 radical (unpaired) electrons. The van der Waals surface area contributed by atoms with E-state index in [1.54, 1.807) is 20.8 Å². The molecule has 0 saturated carbocycles. The number of carboxylic acids is 1. The van der Waals surface area contributed by atoms with Gasteiger partial charge in [-0.05, 0) is 32.1 Å². The maximum Gasteiger partial charge on any atom is 0.307 e. The molecule has 1 aliphatic carbocycles. The number of aliphatic carboxylic acids is 1. The summed E-state index contributed by atoms with van der Waals surface area (Å²) in [6, 6.07) is 0. The second-order valence-corrected chi connectivity index (χ2v) is 6.83. The number of esters is 1. The summed E-state index contributed by atoms with van der Waals surface area (Å²) >= 11 is 0. The molecule has 0 aromatic rings. The standard InChI is InChI=1S/C16H24O4/c1-15(2,3)20-13(17)10-11(14(18)19)12-8-6-7-9-16(12,4)5/h6-9,11-12H,10H2,1-5H3,(H,18,19). The Balaban J connectivity index is 2.86. The van der Waals surface area contributed by atoms with Crippen LogP contribution in [0.25, 0.3) is 0 Å². The lowest BCUT2D eigenvalue weighted by Gasteiger charge is -2.35. The van der Waals surface area contributed by atoms with E-state index in [0.29, 0.717) is 0 Å². The van der Waals surface area contributed by atoms with E-state index in [-0.39, 0.29) is 17.8 Å². The first-order valence-corrected chi connectivity index (χ1v) is 6.83. The minimum atomic E-state index is -0.964. The molecule has 0 spiro atoms. The molecule has 0 heterocycles. The second kappa shape index (κ2) is 5.81. The van der Waals surface area contributed by atoms with Gasteiger partial charge < -0.3 is 9.84 Å². The highest BCUT2D eigenvalue weighted by molar-refractivity contribution is 5.79. The van der Waals surface area contributed by atoms with Crippen LogP contribution >= 0.6 is 0 Å². The average Bonchev–Trinajstić information content (AvgIpc) is 2.23. The first kappa shape index (κ1) is 16.5. The van der Waals surface area contributed by atoms with Crippen LogP contribution in [0.2, 0.25) is 0 Å². The van der Waals surface area contributed by atoms with Gasteiger partial charge in [0.05, 0.1) is 12.3 Å². The molecular formula is C16H24O4. The van der Waals surface area contributed by atoms with Crippen molar-refractivity contribution in [2.24, 2.45) is 17.3 Å². The van der Waals surface area contributed by atoms with E-state index < -0.39 is 23.5 Å². The SMILES string of the molecule is CC(C)(C)OC(=O)CC(C(=O)O)C1C=CC=CC1(C)C. The van der Waals surface area contributed by atoms with E-state index in [9.17, 15) is 14.7 Å². The van der Waals surface area contributed by atoms with E-state index in [1.165, 1.54) is 0 Å². The quantitative estimate of drug-likeness (QED) is 0.803. The lowest BCUT2D eigenvalue weighted by molar-refractivity contribution is -0.161. The van der Waals surface area contributed by atoms with Crippen LogP contribution in [-0.4, -0.2) is 22.6 Å². The third-order valence-electron chi connectivity index (χ3n) is 3.37. The van der Waals surface area contributed by atoms with Gasteiger partial charge in [-0.2, -0.15) is 0 Å². The third-order valence-corrected chi connectivity index (χ3v) is 3.37. The van der Waals surface area contributed by atoms with Crippen LogP contribution in [0, 0.1) is 17.3 Å². The summed E-state index contributed by atoms with van der Waals surface area (Å²) in [6.45, 7) is 9.26. The maximum atomic E-state index is 11.9. The van der Waals surface area contributed by atoms with Crippen molar-refractivity contribution >= 4 is 11.9 Å². The van der Waals surface area contributed by atoms with Crippen molar-refractivity contribution in [3.8, 4) is 0 Å². The number of hydrogen-bond donors (Lipinski definition) is 1. The summed E-state index contributed by atoms with van der Waals surface area (Å²) in [4.78, 5) is 23.4. The highest BCUT2D eigenvalue weighted by Crippen LogP contribution is 2.39. The molecule has 2 unspecified atom stereocenters. The maximum absolute atomic E-state index is 11.9. The van der Waals surface area contributed by atoms with Crippen LogP contribution < -0.4 is 0 Å². The first-order valence-electron chi connectivity index (χ1n) is 6.83. The smallest absolute Gasteiger partial charge is 0.307 e. The predicted molar refractivity (Wildman–Crippen MR) is 77.1 cm³/mol. The van der Waals surface area contributed by atoms with Gasteiger partial charge in [-0.15, -0.1) is 0 Å². The van der Waals surface area contributed by atoms with E-state index in [4.69, 9.17) is 4.74 Å². The zero-order valence-corrected chi connectivity index (χ0v) is 12.8. The number of ether oxygens (including phenoxy) is 1. The minimum absolute atomic E-state index is 0.112. The predicted octanol–water partition coefficient (Wildman–Crippen LogP) is 3.19.